The van der Waals surface area contributed by atoms with Crippen LogP contribution in [0.3, 0.4) is 0 Å². The summed E-state index contributed by atoms with van der Waals surface area (Å²) in [5.74, 6) is 3.04. The van der Waals surface area contributed by atoms with Gasteiger partial charge in [-0.1, -0.05) is 0 Å². The van der Waals surface area contributed by atoms with Crippen molar-refractivity contribution in [3.8, 4) is 22.8 Å². The van der Waals surface area contributed by atoms with Crippen molar-refractivity contribution in [3.63, 3.8) is 0 Å². The number of aryl methyl sites for hydroxylation is 1. The summed E-state index contributed by atoms with van der Waals surface area (Å²) >= 11 is 1.54. The molecule has 0 aliphatic carbocycles. The van der Waals surface area contributed by atoms with Gasteiger partial charge in [-0.15, -0.1) is 11.3 Å². The minimum absolute atomic E-state index is 0.675. The van der Waals surface area contributed by atoms with E-state index in [1.165, 1.54) is 11.3 Å². The van der Waals surface area contributed by atoms with Crippen LogP contribution in [0.1, 0.15) is 25.4 Å². The van der Waals surface area contributed by atoms with Gasteiger partial charge >= 0.3 is 0 Å². The Morgan fingerprint density at radius 2 is 2.00 bits per heavy atom. The summed E-state index contributed by atoms with van der Waals surface area (Å²) in [5.41, 5.74) is 2.58. The highest BCUT2D eigenvalue weighted by Crippen LogP contribution is 2.33. The van der Waals surface area contributed by atoms with Gasteiger partial charge in [0.15, 0.2) is 0 Å². The molecule has 27 heavy (non-hydrogen) atoms. The van der Waals surface area contributed by atoms with Crippen LogP contribution in [-0.4, -0.2) is 31.2 Å². The van der Waals surface area contributed by atoms with E-state index in [1.54, 1.807) is 14.2 Å². The number of aromatic nitrogens is 1. The van der Waals surface area contributed by atoms with Gasteiger partial charge in [0, 0.05) is 23.6 Å². The van der Waals surface area contributed by atoms with Crippen molar-refractivity contribution in [2.75, 3.05) is 20.8 Å². The molecule has 0 unspecified atom stereocenters. The predicted octanol–water partition coefficient (Wildman–Crippen LogP) is 4.33. The van der Waals surface area contributed by atoms with E-state index in [0.29, 0.717) is 12.3 Å². The first kappa shape index (κ1) is 19.0. The molecule has 0 spiro atoms. The summed E-state index contributed by atoms with van der Waals surface area (Å²) in [7, 11) is 3.28. The molecule has 0 amide bonds. The van der Waals surface area contributed by atoms with Crippen molar-refractivity contribution in [2.24, 2.45) is 10.1 Å². The minimum Gasteiger partial charge on any atom is -0.497 e. The van der Waals surface area contributed by atoms with Gasteiger partial charge in [-0.25, -0.2) is 4.68 Å². The fourth-order valence-corrected chi connectivity index (χ4v) is 3.55. The first-order valence-corrected chi connectivity index (χ1v) is 9.51. The summed E-state index contributed by atoms with van der Waals surface area (Å²) in [6.45, 7) is 6.52. The minimum atomic E-state index is 0.675. The molecule has 0 fully saturated rings. The Morgan fingerprint density at radius 3 is 2.63 bits per heavy atom. The van der Waals surface area contributed by atoms with E-state index in [0.717, 1.165) is 39.0 Å². The lowest BCUT2D eigenvalue weighted by molar-refractivity contribution is 0.395. The van der Waals surface area contributed by atoms with Crippen molar-refractivity contribution in [3.05, 3.63) is 52.0 Å². The topological polar surface area (TPSA) is 61.2 Å². The monoisotopic (exact) mass is 385 g/mol. The van der Waals surface area contributed by atoms with Gasteiger partial charge < -0.3 is 13.9 Å². The molecule has 142 valence electrons. The third-order valence-electron chi connectivity index (χ3n) is 4.01. The van der Waals surface area contributed by atoms with Crippen molar-refractivity contribution >= 4 is 17.0 Å². The number of benzene rings is 1. The first-order chi connectivity index (χ1) is 13.1. The van der Waals surface area contributed by atoms with Crippen molar-refractivity contribution in [1.29, 1.82) is 0 Å². The van der Waals surface area contributed by atoms with Crippen LogP contribution in [0.15, 0.2) is 50.2 Å². The molecule has 3 aromatic rings. The van der Waals surface area contributed by atoms with Gasteiger partial charge in [0.25, 0.3) is 0 Å². The maximum Gasteiger partial charge on any atom is 0.206 e. The van der Waals surface area contributed by atoms with Gasteiger partial charge in [0.05, 0.1) is 19.9 Å². The molecule has 0 radical (unpaired) electrons. The van der Waals surface area contributed by atoms with E-state index in [9.17, 15) is 0 Å². The number of ether oxygens (including phenoxy) is 2. The summed E-state index contributed by atoms with van der Waals surface area (Å²) in [6, 6.07) is 9.58. The fourth-order valence-electron chi connectivity index (χ4n) is 2.66. The van der Waals surface area contributed by atoms with Crippen LogP contribution in [0.4, 0.5) is 0 Å². The molecular weight excluding hydrogens is 362 g/mol. The highest BCUT2D eigenvalue weighted by atomic mass is 32.1. The van der Waals surface area contributed by atoms with E-state index >= 15 is 0 Å². The van der Waals surface area contributed by atoms with Crippen LogP contribution in [0, 0.1) is 6.92 Å². The molecule has 0 aliphatic rings. The zero-order valence-corrected chi connectivity index (χ0v) is 17.0. The Morgan fingerprint density at radius 1 is 1.19 bits per heavy atom. The Hall–Kier alpha value is -2.80. The number of thiazole rings is 1. The smallest absolute Gasteiger partial charge is 0.206 e. The van der Waals surface area contributed by atoms with Crippen LogP contribution >= 0.6 is 11.3 Å². The number of furan rings is 1. The number of hydrogen-bond donors (Lipinski definition) is 0. The molecule has 7 heteroatoms. The molecule has 0 atom stereocenters. The Balaban J connectivity index is 2.17. The molecule has 3 rings (SSSR count). The zero-order chi connectivity index (χ0) is 19.4. The highest BCUT2D eigenvalue weighted by Gasteiger charge is 2.14. The third-order valence-corrected chi connectivity index (χ3v) is 4.86. The Labute approximate surface area is 162 Å². The molecule has 2 heterocycles. The Kier molecular flexibility index (Phi) is 5.81. The molecule has 0 saturated carbocycles. The van der Waals surface area contributed by atoms with Gasteiger partial charge in [-0.05, 0) is 45.0 Å². The second-order valence-electron chi connectivity index (χ2n) is 5.85. The lowest BCUT2D eigenvalue weighted by Crippen LogP contribution is -2.14. The molecule has 2 aromatic heterocycles. The Bertz CT molecular complexity index is 1030. The molecule has 1 aromatic carbocycles. The zero-order valence-electron chi connectivity index (χ0n) is 16.1. The van der Waals surface area contributed by atoms with E-state index in [-0.39, 0.29) is 0 Å². The van der Waals surface area contributed by atoms with Gasteiger partial charge in [-0.3, -0.25) is 4.99 Å². The second-order valence-corrected chi connectivity index (χ2v) is 6.69. The lowest BCUT2D eigenvalue weighted by atomic mass is 10.1. The quantitative estimate of drug-likeness (QED) is 0.594. The SMILES string of the molecule is CCN=c1scc(-c2ccc(OC)cc2OC)n1N=C(C)c1ccc(C)o1. The summed E-state index contributed by atoms with van der Waals surface area (Å²) in [6.07, 6.45) is 0. The van der Waals surface area contributed by atoms with E-state index in [2.05, 4.69) is 4.99 Å². The predicted molar refractivity (Wildman–Crippen MR) is 108 cm³/mol. The lowest BCUT2D eigenvalue weighted by Gasteiger charge is -2.11. The standard InChI is InChI=1S/C20H23N3O3S/c1-6-21-20-23(22-14(3)18-10-7-13(2)26-18)17(12-27-20)16-9-8-15(24-4)11-19(16)25-5/h7-12H,6H2,1-5H3. The van der Waals surface area contributed by atoms with Crippen LogP contribution in [0.25, 0.3) is 11.3 Å². The molecule has 0 saturated heterocycles. The highest BCUT2D eigenvalue weighted by molar-refractivity contribution is 7.07. The van der Waals surface area contributed by atoms with Crippen LogP contribution in [0.2, 0.25) is 0 Å². The molecular formula is C20H23N3O3S. The average Bonchev–Trinajstić information content (AvgIpc) is 3.28. The van der Waals surface area contributed by atoms with Crippen molar-refractivity contribution in [2.45, 2.75) is 20.8 Å². The van der Waals surface area contributed by atoms with E-state index in [1.807, 2.05) is 61.2 Å². The van der Waals surface area contributed by atoms with Gasteiger partial charge in [0.2, 0.25) is 4.80 Å². The maximum absolute atomic E-state index is 5.70. The summed E-state index contributed by atoms with van der Waals surface area (Å²) in [5, 5.41) is 6.82. The third kappa shape index (κ3) is 3.98. The van der Waals surface area contributed by atoms with Crippen LogP contribution < -0.4 is 14.3 Å². The van der Waals surface area contributed by atoms with Crippen LogP contribution in [-0.2, 0) is 0 Å². The second kappa shape index (κ2) is 8.26. The van der Waals surface area contributed by atoms with E-state index in [4.69, 9.17) is 19.0 Å². The molecule has 6 nitrogen and oxygen atoms in total. The number of hydrogen-bond acceptors (Lipinski definition) is 6. The first-order valence-electron chi connectivity index (χ1n) is 8.63. The van der Waals surface area contributed by atoms with Crippen molar-refractivity contribution < 1.29 is 13.9 Å². The molecule has 0 aliphatic heterocycles. The van der Waals surface area contributed by atoms with Crippen molar-refractivity contribution in [1.82, 2.24) is 4.68 Å². The molecule has 0 N–H and O–H groups in total. The van der Waals surface area contributed by atoms with Crippen LogP contribution in [0.5, 0.6) is 11.5 Å². The van der Waals surface area contributed by atoms with Gasteiger partial charge in [-0.2, -0.15) is 5.10 Å². The number of methoxy groups -OCH3 is 2. The fraction of sp³-hybridized carbons (Fsp3) is 0.300. The summed E-state index contributed by atoms with van der Waals surface area (Å²) < 4.78 is 18.4. The number of rotatable bonds is 6. The maximum atomic E-state index is 5.70. The van der Waals surface area contributed by atoms with E-state index < -0.39 is 0 Å². The van der Waals surface area contributed by atoms with Gasteiger partial charge in [0.1, 0.15) is 28.7 Å². The number of nitrogens with zero attached hydrogens (tertiary/aromatic N) is 3. The normalized spacial score (nSPS) is 12.5. The summed E-state index contributed by atoms with van der Waals surface area (Å²) in [4.78, 5) is 5.39. The largest absolute Gasteiger partial charge is 0.497 e. The average molecular weight is 385 g/mol. The molecule has 0 bridgehead atoms.